The number of rotatable bonds is 4. The average Bonchev–Trinajstić information content (AvgIpc) is 3.12. The van der Waals surface area contributed by atoms with E-state index in [9.17, 15) is 4.79 Å². The molecule has 0 unspecified atom stereocenters. The molecule has 0 aromatic carbocycles. The first kappa shape index (κ1) is 16.6. The van der Waals surface area contributed by atoms with Crippen LogP contribution in [-0.4, -0.2) is 29.2 Å². The lowest BCUT2D eigenvalue weighted by atomic mass is 9.89. The smallest absolute Gasteiger partial charge is 0.399 e. The van der Waals surface area contributed by atoms with E-state index in [4.69, 9.17) is 9.31 Å². The fourth-order valence-corrected chi connectivity index (χ4v) is 3.64. The molecule has 1 fully saturated rings. The third kappa shape index (κ3) is 3.50. The Bertz CT molecular complexity index is 681. The van der Waals surface area contributed by atoms with Crippen LogP contribution in [0, 0.1) is 0 Å². The van der Waals surface area contributed by atoms with E-state index in [2.05, 4.69) is 10.3 Å². The lowest BCUT2D eigenvalue weighted by molar-refractivity contribution is -0.115. The standard InChI is InChI=1S/C15H19BN2O3S2/c1-14(2)15(3,4)21-16(20-14)11-9-17-13(23-11)18-12(19)8-10-6-5-7-22-10/h5-7,9H,8H2,1-4H3,(H,17,18,19). The van der Waals surface area contributed by atoms with E-state index in [1.54, 1.807) is 17.5 Å². The van der Waals surface area contributed by atoms with E-state index < -0.39 is 7.12 Å². The van der Waals surface area contributed by atoms with Crippen molar-refractivity contribution in [2.45, 2.75) is 45.3 Å². The maximum absolute atomic E-state index is 12.0. The summed E-state index contributed by atoms with van der Waals surface area (Å²) >= 11 is 2.95. The van der Waals surface area contributed by atoms with Crippen molar-refractivity contribution in [3.63, 3.8) is 0 Å². The summed E-state index contributed by atoms with van der Waals surface area (Å²) in [6.07, 6.45) is 2.07. The molecule has 1 saturated heterocycles. The maximum atomic E-state index is 12.0. The van der Waals surface area contributed by atoms with E-state index in [0.717, 1.165) is 9.65 Å². The van der Waals surface area contributed by atoms with Crippen LogP contribution < -0.4 is 10.1 Å². The van der Waals surface area contributed by atoms with Gasteiger partial charge in [0.05, 0.1) is 22.4 Å². The first-order valence-electron chi connectivity index (χ1n) is 7.40. The van der Waals surface area contributed by atoms with Crippen LogP contribution in [0.5, 0.6) is 0 Å². The molecule has 8 heteroatoms. The van der Waals surface area contributed by atoms with Gasteiger partial charge in [-0.05, 0) is 39.1 Å². The van der Waals surface area contributed by atoms with E-state index in [1.807, 2.05) is 45.2 Å². The number of nitrogens with zero attached hydrogens (tertiary/aromatic N) is 1. The number of carbonyl (C=O) groups excluding carboxylic acids is 1. The van der Waals surface area contributed by atoms with Crippen molar-refractivity contribution in [1.82, 2.24) is 4.98 Å². The second-order valence-corrected chi connectivity index (χ2v) is 8.55. The molecule has 0 bridgehead atoms. The van der Waals surface area contributed by atoms with E-state index in [-0.39, 0.29) is 17.1 Å². The highest BCUT2D eigenvalue weighted by atomic mass is 32.1. The van der Waals surface area contributed by atoms with Crippen molar-refractivity contribution in [2.75, 3.05) is 5.32 Å². The highest BCUT2D eigenvalue weighted by molar-refractivity contribution is 7.25. The minimum atomic E-state index is -0.444. The summed E-state index contributed by atoms with van der Waals surface area (Å²) in [6, 6.07) is 3.88. The largest absolute Gasteiger partial charge is 0.507 e. The fraction of sp³-hybridized carbons (Fsp3) is 0.467. The molecule has 2 aromatic rings. The molecule has 0 spiro atoms. The molecule has 1 amide bonds. The summed E-state index contributed by atoms with van der Waals surface area (Å²) in [5, 5.41) is 5.36. The van der Waals surface area contributed by atoms with E-state index in [1.165, 1.54) is 11.3 Å². The minimum Gasteiger partial charge on any atom is -0.399 e. The molecule has 0 atom stereocenters. The number of thiophene rings is 1. The molecule has 1 aliphatic heterocycles. The van der Waals surface area contributed by atoms with Gasteiger partial charge >= 0.3 is 7.12 Å². The van der Waals surface area contributed by atoms with Crippen LogP contribution in [0.1, 0.15) is 32.6 Å². The molecule has 122 valence electrons. The molecule has 5 nitrogen and oxygen atoms in total. The second kappa shape index (κ2) is 6.01. The zero-order chi connectivity index (χ0) is 16.7. The Balaban J connectivity index is 1.64. The van der Waals surface area contributed by atoms with Crippen molar-refractivity contribution in [2.24, 2.45) is 0 Å². The molecular formula is C15H19BN2O3S2. The normalized spacial score (nSPS) is 19.0. The van der Waals surface area contributed by atoms with Crippen molar-refractivity contribution >= 4 is 45.6 Å². The first-order valence-corrected chi connectivity index (χ1v) is 9.10. The number of carbonyl (C=O) groups is 1. The van der Waals surface area contributed by atoms with Gasteiger partial charge in [0.15, 0.2) is 5.13 Å². The van der Waals surface area contributed by atoms with Crippen molar-refractivity contribution < 1.29 is 14.1 Å². The van der Waals surface area contributed by atoms with Crippen LogP contribution in [0.15, 0.2) is 23.7 Å². The SMILES string of the molecule is CC1(C)OB(c2cnc(NC(=O)Cc3cccs3)s2)OC1(C)C. The molecule has 1 aliphatic rings. The highest BCUT2D eigenvalue weighted by Crippen LogP contribution is 2.37. The van der Waals surface area contributed by atoms with Crippen LogP contribution in [0.3, 0.4) is 0 Å². The molecule has 0 saturated carbocycles. The van der Waals surface area contributed by atoms with Gasteiger partial charge in [-0.15, -0.1) is 22.7 Å². The van der Waals surface area contributed by atoms with Crippen molar-refractivity contribution in [3.8, 4) is 0 Å². The minimum absolute atomic E-state index is 0.0673. The van der Waals surface area contributed by atoms with Gasteiger partial charge < -0.3 is 14.6 Å². The van der Waals surface area contributed by atoms with Crippen LogP contribution in [0.4, 0.5) is 5.13 Å². The van der Waals surface area contributed by atoms with Gasteiger partial charge in [0, 0.05) is 11.1 Å². The van der Waals surface area contributed by atoms with E-state index in [0.29, 0.717) is 11.6 Å². The zero-order valence-electron chi connectivity index (χ0n) is 13.6. The molecular weight excluding hydrogens is 331 g/mol. The second-order valence-electron chi connectivity index (χ2n) is 6.46. The van der Waals surface area contributed by atoms with Crippen molar-refractivity contribution in [3.05, 3.63) is 28.6 Å². The lowest BCUT2D eigenvalue weighted by Crippen LogP contribution is -2.41. The Morgan fingerprint density at radius 3 is 2.61 bits per heavy atom. The monoisotopic (exact) mass is 350 g/mol. The predicted octanol–water partition coefficient (Wildman–Crippen LogP) is 2.69. The number of nitrogens with one attached hydrogen (secondary N) is 1. The Hall–Kier alpha value is -1.22. The Morgan fingerprint density at radius 1 is 1.30 bits per heavy atom. The summed E-state index contributed by atoms with van der Waals surface area (Å²) in [7, 11) is -0.444. The molecule has 3 heterocycles. The lowest BCUT2D eigenvalue weighted by Gasteiger charge is -2.32. The molecule has 1 N–H and O–H groups in total. The van der Waals surface area contributed by atoms with Gasteiger partial charge in [0.1, 0.15) is 0 Å². The summed E-state index contributed by atoms with van der Waals surface area (Å²) in [5.74, 6) is -0.0673. The van der Waals surface area contributed by atoms with Crippen LogP contribution >= 0.6 is 22.7 Å². The van der Waals surface area contributed by atoms with Gasteiger partial charge in [0.25, 0.3) is 0 Å². The Labute approximate surface area is 144 Å². The van der Waals surface area contributed by atoms with Gasteiger partial charge in [-0.3, -0.25) is 4.79 Å². The van der Waals surface area contributed by atoms with Gasteiger partial charge in [-0.2, -0.15) is 0 Å². The Morgan fingerprint density at radius 2 is 2.00 bits per heavy atom. The van der Waals surface area contributed by atoms with Crippen LogP contribution in [-0.2, 0) is 20.5 Å². The summed E-state index contributed by atoms with van der Waals surface area (Å²) < 4.78 is 12.8. The third-order valence-corrected chi connectivity index (χ3v) is 5.98. The topological polar surface area (TPSA) is 60.5 Å². The van der Waals surface area contributed by atoms with Gasteiger partial charge in [0.2, 0.25) is 5.91 Å². The van der Waals surface area contributed by atoms with Crippen LogP contribution in [0.25, 0.3) is 0 Å². The quantitative estimate of drug-likeness (QED) is 0.862. The number of anilines is 1. The molecule has 3 rings (SSSR count). The number of thiazole rings is 1. The van der Waals surface area contributed by atoms with Crippen molar-refractivity contribution in [1.29, 1.82) is 0 Å². The average molecular weight is 350 g/mol. The predicted molar refractivity (Wildman–Crippen MR) is 94.5 cm³/mol. The Kier molecular flexibility index (Phi) is 4.35. The zero-order valence-corrected chi connectivity index (χ0v) is 15.2. The number of aromatic nitrogens is 1. The summed E-state index contributed by atoms with van der Waals surface area (Å²) in [6.45, 7) is 8.05. The third-order valence-electron chi connectivity index (χ3n) is 4.17. The summed E-state index contributed by atoms with van der Waals surface area (Å²) in [4.78, 5) is 17.3. The molecule has 2 aromatic heterocycles. The first-order chi connectivity index (χ1) is 10.8. The van der Waals surface area contributed by atoms with E-state index >= 15 is 0 Å². The molecule has 0 aliphatic carbocycles. The van der Waals surface area contributed by atoms with Crippen LogP contribution in [0.2, 0.25) is 0 Å². The summed E-state index contributed by atoms with van der Waals surface area (Å²) in [5.41, 5.74) is -0.769. The number of hydrogen-bond donors (Lipinski definition) is 1. The highest BCUT2D eigenvalue weighted by Gasteiger charge is 2.52. The molecule has 23 heavy (non-hydrogen) atoms. The fourth-order valence-electron chi connectivity index (χ4n) is 2.15. The molecule has 0 radical (unpaired) electrons. The number of amides is 1. The van der Waals surface area contributed by atoms with Gasteiger partial charge in [-0.25, -0.2) is 4.98 Å². The number of hydrogen-bond acceptors (Lipinski definition) is 6. The van der Waals surface area contributed by atoms with Gasteiger partial charge in [-0.1, -0.05) is 6.07 Å². The maximum Gasteiger partial charge on any atom is 0.507 e.